The van der Waals surface area contributed by atoms with Gasteiger partial charge in [-0.25, -0.2) is 19.7 Å². The fourth-order valence-corrected chi connectivity index (χ4v) is 5.68. The Balaban J connectivity index is 2.05. The molecule has 2 unspecified atom stereocenters. The number of hydrogen-bond acceptors (Lipinski definition) is 15. The molecule has 0 saturated heterocycles. The predicted molar refractivity (Wildman–Crippen MR) is 161 cm³/mol. The summed E-state index contributed by atoms with van der Waals surface area (Å²) in [7, 11) is 0. The van der Waals surface area contributed by atoms with Gasteiger partial charge in [0.2, 0.25) is 0 Å². The maximum absolute atomic E-state index is 12.6. The Morgan fingerprint density at radius 2 is 1.20 bits per heavy atom. The number of esters is 6. The van der Waals surface area contributed by atoms with Crippen LogP contribution in [0.15, 0.2) is 57.2 Å². The number of allylic oxidation sites excluding steroid dienone is 1. The molecule has 1 heterocycles. The molecule has 14 nitrogen and oxygen atoms in total. The highest BCUT2D eigenvalue weighted by molar-refractivity contribution is 8.24. The summed E-state index contributed by atoms with van der Waals surface area (Å²) in [5.74, 6) is -4.35. The highest BCUT2D eigenvalue weighted by Crippen LogP contribution is 2.59. The second kappa shape index (κ2) is 18.7. The molecule has 1 aromatic carbocycles. The smallest absolute Gasteiger partial charge is 0.330 e. The van der Waals surface area contributed by atoms with Gasteiger partial charge < -0.3 is 28.4 Å². The summed E-state index contributed by atoms with van der Waals surface area (Å²) in [6, 6.07) is 4.47. The van der Waals surface area contributed by atoms with E-state index in [1.807, 2.05) is 0 Å². The molecule has 0 spiro atoms. The van der Waals surface area contributed by atoms with Gasteiger partial charge in [-0.1, -0.05) is 36.7 Å². The quantitative estimate of drug-likeness (QED) is 0.0607. The van der Waals surface area contributed by atoms with E-state index < -0.39 is 48.0 Å². The third-order valence-corrected chi connectivity index (χ3v) is 7.88. The lowest BCUT2D eigenvalue weighted by Gasteiger charge is -2.14. The van der Waals surface area contributed by atoms with Crippen molar-refractivity contribution in [1.29, 1.82) is 5.26 Å². The molecule has 0 fully saturated rings. The molecule has 0 bridgehead atoms. The van der Waals surface area contributed by atoms with Crippen molar-refractivity contribution in [3.63, 3.8) is 0 Å². The fourth-order valence-electron chi connectivity index (χ4n) is 3.21. The second-order valence-corrected chi connectivity index (χ2v) is 11.3. The number of benzene rings is 1. The highest BCUT2D eigenvalue weighted by atomic mass is 32.2. The number of rotatable bonds is 16. The minimum Gasteiger partial charge on any atom is -0.459 e. The van der Waals surface area contributed by atoms with Crippen LogP contribution >= 0.6 is 23.5 Å². The van der Waals surface area contributed by atoms with Gasteiger partial charge in [0.25, 0.3) is 5.70 Å². The molecule has 0 aromatic heterocycles. The third kappa shape index (κ3) is 12.1. The normalized spacial score (nSPS) is 12.5. The first-order valence-electron chi connectivity index (χ1n) is 13.3. The van der Waals surface area contributed by atoms with Gasteiger partial charge in [-0.2, -0.15) is 0 Å². The zero-order valence-electron chi connectivity index (χ0n) is 24.7. The van der Waals surface area contributed by atoms with Crippen LogP contribution in [0.2, 0.25) is 0 Å². The van der Waals surface area contributed by atoms with Gasteiger partial charge in [-0.05, 0) is 26.0 Å². The first-order chi connectivity index (χ1) is 21.9. The molecule has 1 aliphatic rings. The van der Waals surface area contributed by atoms with Crippen LogP contribution in [-0.2, 0) is 47.7 Å². The first kappa shape index (κ1) is 37.1. The van der Waals surface area contributed by atoms with Crippen LogP contribution in [0.5, 0.6) is 11.5 Å². The van der Waals surface area contributed by atoms with Gasteiger partial charge in [0.1, 0.15) is 36.9 Å². The molecule has 0 radical (unpaired) electrons. The number of nitriles is 1. The van der Waals surface area contributed by atoms with Crippen LogP contribution in [0.3, 0.4) is 0 Å². The summed E-state index contributed by atoms with van der Waals surface area (Å²) in [4.78, 5) is 75.4. The SMILES string of the molecule is [C-]#[N+]C(C#N)=C1Sc2c(OC(=O)CCC(=O)OC(C)COC(=O)C=C)ccc(OC(=O)CCC(=O)OC(C)COC(=O)C=C)c2S1. The van der Waals surface area contributed by atoms with Gasteiger partial charge in [-0.15, -0.1) is 0 Å². The molecule has 1 aliphatic heterocycles. The average molecular weight is 673 g/mol. The molecular weight excluding hydrogens is 644 g/mol. The van der Waals surface area contributed by atoms with Crippen molar-refractivity contribution >= 4 is 59.3 Å². The van der Waals surface area contributed by atoms with Gasteiger partial charge >= 0.3 is 35.8 Å². The zero-order chi connectivity index (χ0) is 34.2. The Labute approximate surface area is 272 Å². The van der Waals surface area contributed by atoms with Crippen molar-refractivity contribution in [2.45, 2.75) is 61.5 Å². The third-order valence-electron chi connectivity index (χ3n) is 5.27. The molecule has 1 aromatic rings. The van der Waals surface area contributed by atoms with Crippen LogP contribution in [0.1, 0.15) is 39.5 Å². The highest BCUT2D eigenvalue weighted by Gasteiger charge is 2.30. The molecular formula is C30H28N2O12S2. The minimum atomic E-state index is -0.796. The van der Waals surface area contributed by atoms with Crippen molar-refractivity contribution in [2.24, 2.45) is 0 Å². The lowest BCUT2D eigenvalue weighted by molar-refractivity contribution is -0.156. The lowest BCUT2D eigenvalue weighted by atomic mass is 10.3. The molecule has 0 N–H and O–H groups in total. The summed E-state index contributed by atoms with van der Waals surface area (Å²) in [5.41, 5.74) is -0.230. The van der Waals surface area contributed by atoms with Crippen molar-refractivity contribution in [1.82, 2.24) is 0 Å². The Bertz CT molecular complexity index is 1410. The zero-order valence-corrected chi connectivity index (χ0v) is 26.4. The van der Waals surface area contributed by atoms with Gasteiger partial charge in [0.05, 0.1) is 52.4 Å². The Hall–Kier alpha value is -5.06. The first-order valence-corrected chi connectivity index (χ1v) is 15.0. The van der Waals surface area contributed by atoms with E-state index in [0.717, 1.165) is 35.7 Å². The van der Waals surface area contributed by atoms with E-state index in [0.29, 0.717) is 0 Å². The van der Waals surface area contributed by atoms with Crippen LogP contribution in [-0.4, -0.2) is 61.2 Å². The summed E-state index contributed by atoms with van der Waals surface area (Å²) in [6.07, 6.45) is -0.974. The Kier molecular flexibility index (Phi) is 15.1. The molecule has 46 heavy (non-hydrogen) atoms. The van der Waals surface area contributed by atoms with E-state index in [-0.39, 0.29) is 70.1 Å². The van der Waals surface area contributed by atoms with Gasteiger partial charge in [-0.3, -0.25) is 19.2 Å². The lowest BCUT2D eigenvalue weighted by Crippen LogP contribution is -2.22. The molecule has 16 heteroatoms. The van der Waals surface area contributed by atoms with Crippen LogP contribution < -0.4 is 9.47 Å². The number of carbonyl (C=O) groups is 6. The molecule has 0 saturated carbocycles. The molecule has 0 aliphatic carbocycles. The number of carbonyl (C=O) groups excluding carboxylic acids is 6. The number of nitrogens with zero attached hydrogens (tertiary/aromatic N) is 2. The second-order valence-electron chi connectivity index (χ2n) is 9.00. The van der Waals surface area contributed by atoms with Crippen molar-refractivity contribution in [3.05, 3.63) is 58.8 Å². The topological polar surface area (TPSA) is 186 Å². The number of fused-ring (bicyclic) bond motifs is 1. The fraction of sp³-hybridized carbons (Fsp3) is 0.333. The van der Waals surface area contributed by atoms with E-state index in [9.17, 15) is 34.0 Å². The monoisotopic (exact) mass is 672 g/mol. The standard InChI is InChI=1S/C30H28N2O12S2/c1-6-22(33)39-15-17(3)41-24(35)10-12-26(37)43-20-8-9-21(29-28(20)45-30(46-29)19(14-31)32-5)44-27(38)13-11-25(36)42-18(4)16-40-23(34)7-2/h6-9,17-18H,1-2,10-13,15-16H2,3-4H3. The molecule has 2 rings (SSSR count). The van der Waals surface area contributed by atoms with Crippen LogP contribution in [0.4, 0.5) is 0 Å². The number of ether oxygens (including phenoxy) is 6. The van der Waals surface area contributed by atoms with E-state index >= 15 is 0 Å². The summed E-state index contributed by atoms with van der Waals surface area (Å²) < 4.78 is 30.9. The Morgan fingerprint density at radius 3 is 1.54 bits per heavy atom. The van der Waals surface area contributed by atoms with E-state index in [1.165, 1.54) is 26.0 Å². The van der Waals surface area contributed by atoms with E-state index in [2.05, 4.69) is 18.0 Å². The van der Waals surface area contributed by atoms with Crippen LogP contribution in [0.25, 0.3) is 4.85 Å². The molecule has 2 atom stereocenters. The summed E-state index contributed by atoms with van der Waals surface area (Å²) in [6.45, 7) is 16.4. The minimum absolute atomic E-state index is 0.0300. The average Bonchev–Trinajstić information content (AvgIpc) is 3.48. The van der Waals surface area contributed by atoms with E-state index in [4.69, 9.17) is 35.0 Å². The Morgan fingerprint density at radius 1 is 0.804 bits per heavy atom. The number of hydrogen-bond donors (Lipinski definition) is 0. The summed E-state index contributed by atoms with van der Waals surface area (Å²) in [5, 5.41) is 9.35. The van der Waals surface area contributed by atoms with E-state index in [1.54, 1.807) is 6.07 Å². The largest absolute Gasteiger partial charge is 0.459 e. The van der Waals surface area contributed by atoms with Crippen molar-refractivity contribution in [3.8, 4) is 17.6 Å². The molecule has 0 amide bonds. The predicted octanol–water partition coefficient (Wildman–Crippen LogP) is 4.19. The van der Waals surface area contributed by atoms with Gasteiger partial charge in [0.15, 0.2) is 0 Å². The summed E-state index contributed by atoms with van der Waals surface area (Å²) >= 11 is 1.92. The van der Waals surface area contributed by atoms with Crippen molar-refractivity contribution < 1.29 is 57.2 Å². The maximum atomic E-state index is 12.6. The molecule has 242 valence electrons. The van der Waals surface area contributed by atoms with Crippen LogP contribution in [0, 0.1) is 17.9 Å². The van der Waals surface area contributed by atoms with Crippen molar-refractivity contribution in [2.75, 3.05) is 13.2 Å². The maximum Gasteiger partial charge on any atom is 0.330 e. The van der Waals surface area contributed by atoms with Gasteiger partial charge in [0, 0.05) is 12.2 Å². The number of thioether (sulfide) groups is 2.